The van der Waals surface area contributed by atoms with E-state index in [-0.39, 0.29) is 5.91 Å². The molecule has 18 heavy (non-hydrogen) atoms. The average molecular weight is 248 g/mol. The normalized spacial score (nSPS) is 14.0. The van der Waals surface area contributed by atoms with E-state index in [4.69, 9.17) is 5.73 Å². The van der Waals surface area contributed by atoms with Gasteiger partial charge in [-0.3, -0.25) is 4.79 Å². The van der Waals surface area contributed by atoms with Gasteiger partial charge in [0.15, 0.2) is 0 Å². The first-order chi connectivity index (χ1) is 8.53. The number of rotatable bonds is 6. The smallest absolute Gasteiger partial charge is 0.229 e. The van der Waals surface area contributed by atoms with Gasteiger partial charge in [0.1, 0.15) is 0 Å². The Labute approximate surface area is 110 Å². The Morgan fingerprint density at radius 2 is 1.94 bits per heavy atom. The number of nitrogens with zero attached hydrogens (tertiary/aromatic N) is 1. The highest BCUT2D eigenvalue weighted by Gasteiger charge is 2.31. The molecular formula is C15H24N2O. The molecule has 0 aromatic heterocycles. The molecule has 1 atom stereocenters. The van der Waals surface area contributed by atoms with Crippen LogP contribution in [0.15, 0.2) is 30.3 Å². The Morgan fingerprint density at radius 3 is 2.44 bits per heavy atom. The highest BCUT2D eigenvalue weighted by Crippen LogP contribution is 2.22. The maximum absolute atomic E-state index is 12.3. The second kappa shape index (κ2) is 6.55. The van der Waals surface area contributed by atoms with E-state index in [2.05, 4.69) is 12.1 Å². The largest absolute Gasteiger partial charge is 0.345 e. The maximum atomic E-state index is 12.3. The van der Waals surface area contributed by atoms with Crippen molar-refractivity contribution in [2.45, 2.75) is 26.7 Å². The van der Waals surface area contributed by atoms with Crippen LogP contribution in [0.1, 0.15) is 25.8 Å². The molecule has 1 amide bonds. The first-order valence-electron chi connectivity index (χ1n) is 6.53. The van der Waals surface area contributed by atoms with E-state index in [1.165, 1.54) is 5.56 Å². The molecule has 0 saturated carbocycles. The van der Waals surface area contributed by atoms with Gasteiger partial charge in [0.05, 0.1) is 5.41 Å². The lowest BCUT2D eigenvalue weighted by molar-refractivity contribution is -0.139. The number of carbonyl (C=O) groups excluding carboxylic acids is 1. The second-order valence-corrected chi connectivity index (χ2v) is 5.08. The van der Waals surface area contributed by atoms with Crippen LogP contribution in [0.3, 0.4) is 0 Å². The van der Waals surface area contributed by atoms with Crippen molar-refractivity contribution < 1.29 is 4.79 Å². The molecule has 1 aromatic carbocycles. The predicted octanol–water partition coefficient (Wildman–Crippen LogP) is 2.06. The summed E-state index contributed by atoms with van der Waals surface area (Å²) in [4.78, 5) is 14.1. The third-order valence-electron chi connectivity index (χ3n) is 3.67. The van der Waals surface area contributed by atoms with Gasteiger partial charge in [-0.05, 0) is 25.3 Å². The molecule has 2 N–H and O–H groups in total. The average Bonchev–Trinajstić information content (AvgIpc) is 2.44. The standard InChI is InChI=1S/C15H24N2O/c1-4-15(2,12-16)14(18)17(3)11-10-13-8-6-5-7-9-13/h5-9H,4,10-12,16H2,1-3H3. The third-order valence-corrected chi connectivity index (χ3v) is 3.67. The van der Waals surface area contributed by atoms with Crippen LogP contribution in [0.2, 0.25) is 0 Å². The lowest BCUT2D eigenvalue weighted by atomic mass is 9.86. The number of carbonyl (C=O) groups is 1. The van der Waals surface area contributed by atoms with Gasteiger partial charge in [-0.15, -0.1) is 0 Å². The minimum absolute atomic E-state index is 0.142. The van der Waals surface area contributed by atoms with E-state index in [9.17, 15) is 4.79 Å². The van der Waals surface area contributed by atoms with Crippen LogP contribution < -0.4 is 5.73 Å². The number of hydrogen-bond acceptors (Lipinski definition) is 2. The molecule has 0 saturated heterocycles. The number of hydrogen-bond donors (Lipinski definition) is 1. The molecule has 1 unspecified atom stereocenters. The molecule has 100 valence electrons. The Balaban J connectivity index is 2.55. The summed E-state index contributed by atoms with van der Waals surface area (Å²) in [5, 5.41) is 0. The first-order valence-corrected chi connectivity index (χ1v) is 6.53. The van der Waals surface area contributed by atoms with Crippen molar-refractivity contribution in [3.63, 3.8) is 0 Å². The van der Waals surface area contributed by atoms with Crippen LogP contribution in [0.5, 0.6) is 0 Å². The van der Waals surface area contributed by atoms with Crippen molar-refractivity contribution >= 4 is 5.91 Å². The fourth-order valence-corrected chi connectivity index (χ4v) is 1.89. The molecule has 0 spiro atoms. The number of amides is 1. The summed E-state index contributed by atoms with van der Waals surface area (Å²) in [5.41, 5.74) is 6.54. The van der Waals surface area contributed by atoms with Gasteiger partial charge < -0.3 is 10.6 Å². The van der Waals surface area contributed by atoms with E-state index in [0.29, 0.717) is 6.54 Å². The fraction of sp³-hybridized carbons (Fsp3) is 0.533. The van der Waals surface area contributed by atoms with Gasteiger partial charge in [-0.1, -0.05) is 37.3 Å². The highest BCUT2D eigenvalue weighted by atomic mass is 16.2. The molecule has 0 bridgehead atoms. The van der Waals surface area contributed by atoms with Gasteiger partial charge in [-0.25, -0.2) is 0 Å². The zero-order valence-corrected chi connectivity index (χ0v) is 11.6. The molecule has 0 aliphatic heterocycles. The molecular weight excluding hydrogens is 224 g/mol. The van der Waals surface area contributed by atoms with Crippen LogP contribution in [0, 0.1) is 5.41 Å². The Bertz CT molecular complexity index is 371. The zero-order valence-electron chi connectivity index (χ0n) is 11.6. The van der Waals surface area contributed by atoms with Gasteiger partial charge >= 0.3 is 0 Å². The predicted molar refractivity (Wildman–Crippen MR) is 75.2 cm³/mol. The summed E-state index contributed by atoms with van der Waals surface area (Å²) in [6, 6.07) is 10.2. The van der Waals surface area contributed by atoms with E-state index >= 15 is 0 Å². The Kier molecular flexibility index (Phi) is 5.35. The highest BCUT2D eigenvalue weighted by molar-refractivity contribution is 5.82. The first kappa shape index (κ1) is 14.7. The van der Waals surface area contributed by atoms with E-state index < -0.39 is 5.41 Å². The van der Waals surface area contributed by atoms with Crippen molar-refractivity contribution in [3.8, 4) is 0 Å². The molecule has 1 rings (SSSR count). The lowest BCUT2D eigenvalue weighted by Gasteiger charge is -2.30. The summed E-state index contributed by atoms with van der Waals surface area (Å²) in [6.07, 6.45) is 1.66. The van der Waals surface area contributed by atoms with E-state index in [1.54, 1.807) is 4.90 Å². The van der Waals surface area contributed by atoms with Gasteiger partial charge in [0.2, 0.25) is 5.91 Å². The van der Waals surface area contributed by atoms with Crippen LogP contribution in [0.25, 0.3) is 0 Å². The summed E-state index contributed by atoms with van der Waals surface area (Å²) in [6.45, 7) is 5.08. The fourth-order valence-electron chi connectivity index (χ4n) is 1.89. The molecule has 0 aliphatic rings. The topological polar surface area (TPSA) is 46.3 Å². The SMILES string of the molecule is CCC(C)(CN)C(=O)N(C)CCc1ccccc1. The Hall–Kier alpha value is -1.35. The number of likely N-dealkylation sites (N-methyl/N-ethyl adjacent to an activating group) is 1. The quantitative estimate of drug-likeness (QED) is 0.837. The van der Waals surface area contributed by atoms with Crippen molar-refractivity contribution in [1.29, 1.82) is 0 Å². The van der Waals surface area contributed by atoms with Crippen molar-refractivity contribution in [3.05, 3.63) is 35.9 Å². The summed E-state index contributed by atoms with van der Waals surface area (Å²) < 4.78 is 0. The summed E-state index contributed by atoms with van der Waals surface area (Å²) >= 11 is 0. The monoisotopic (exact) mass is 248 g/mol. The van der Waals surface area contributed by atoms with Gasteiger partial charge in [0.25, 0.3) is 0 Å². The number of benzene rings is 1. The van der Waals surface area contributed by atoms with Crippen LogP contribution >= 0.6 is 0 Å². The molecule has 0 aliphatic carbocycles. The maximum Gasteiger partial charge on any atom is 0.229 e. The van der Waals surface area contributed by atoms with Crippen LogP contribution in [-0.2, 0) is 11.2 Å². The van der Waals surface area contributed by atoms with Crippen molar-refractivity contribution in [2.75, 3.05) is 20.1 Å². The minimum atomic E-state index is -0.425. The molecule has 3 heteroatoms. The molecule has 0 fully saturated rings. The van der Waals surface area contributed by atoms with Crippen LogP contribution in [-0.4, -0.2) is 30.9 Å². The Morgan fingerprint density at radius 1 is 1.33 bits per heavy atom. The molecule has 0 heterocycles. The minimum Gasteiger partial charge on any atom is -0.345 e. The van der Waals surface area contributed by atoms with Crippen molar-refractivity contribution in [1.82, 2.24) is 4.90 Å². The number of nitrogens with two attached hydrogens (primary N) is 1. The van der Waals surface area contributed by atoms with Gasteiger partial charge in [-0.2, -0.15) is 0 Å². The van der Waals surface area contributed by atoms with E-state index in [0.717, 1.165) is 19.4 Å². The second-order valence-electron chi connectivity index (χ2n) is 5.08. The van der Waals surface area contributed by atoms with Crippen molar-refractivity contribution in [2.24, 2.45) is 11.1 Å². The zero-order chi connectivity index (χ0) is 13.6. The summed E-state index contributed by atoms with van der Waals surface area (Å²) in [7, 11) is 1.86. The molecule has 3 nitrogen and oxygen atoms in total. The lowest BCUT2D eigenvalue weighted by Crippen LogP contribution is -2.45. The van der Waals surface area contributed by atoms with Crippen LogP contribution in [0.4, 0.5) is 0 Å². The van der Waals surface area contributed by atoms with Gasteiger partial charge in [0, 0.05) is 20.1 Å². The van der Waals surface area contributed by atoms with E-state index in [1.807, 2.05) is 39.1 Å². The molecule has 1 aromatic rings. The third kappa shape index (κ3) is 3.57. The molecule has 0 radical (unpaired) electrons. The summed E-state index contributed by atoms with van der Waals surface area (Å²) in [5.74, 6) is 0.142.